The van der Waals surface area contributed by atoms with Gasteiger partial charge >= 0.3 is 6.03 Å². The number of carbonyl (C=O) groups is 1. The highest BCUT2D eigenvalue weighted by Gasteiger charge is 2.35. The molecule has 3 aromatic rings. The first-order valence-electron chi connectivity index (χ1n) is 9.01. The van der Waals surface area contributed by atoms with Crippen LogP contribution in [0.5, 0.6) is 0 Å². The second-order valence-corrected chi connectivity index (χ2v) is 6.71. The summed E-state index contributed by atoms with van der Waals surface area (Å²) >= 11 is 0. The van der Waals surface area contributed by atoms with E-state index >= 15 is 0 Å². The minimum atomic E-state index is -0.0554. The van der Waals surface area contributed by atoms with Gasteiger partial charge in [-0.3, -0.25) is 4.90 Å². The van der Waals surface area contributed by atoms with Crippen molar-refractivity contribution in [3.63, 3.8) is 0 Å². The molecule has 2 atom stereocenters. The number of rotatable bonds is 3. The molecule has 0 aromatic heterocycles. The summed E-state index contributed by atoms with van der Waals surface area (Å²) < 4.78 is 0. The van der Waals surface area contributed by atoms with Crippen molar-refractivity contribution in [3.05, 3.63) is 102 Å². The van der Waals surface area contributed by atoms with Crippen molar-refractivity contribution in [3.8, 4) is 0 Å². The van der Waals surface area contributed by atoms with Crippen LogP contribution in [0.1, 0.15) is 35.7 Å². The first kappa shape index (κ1) is 16.4. The molecule has 3 heteroatoms. The fourth-order valence-electron chi connectivity index (χ4n) is 3.66. The number of hydrogen-bond acceptors (Lipinski definition) is 1. The van der Waals surface area contributed by atoms with Crippen molar-refractivity contribution >= 4 is 11.7 Å². The van der Waals surface area contributed by atoms with Crippen LogP contribution in [0.2, 0.25) is 0 Å². The van der Waals surface area contributed by atoms with E-state index in [2.05, 4.69) is 23.5 Å². The lowest BCUT2D eigenvalue weighted by molar-refractivity contribution is 0.242. The predicted molar refractivity (Wildman–Crippen MR) is 105 cm³/mol. The molecule has 2 amide bonds. The lowest BCUT2D eigenvalue weighted by atomic mass is 10.0. The van der Waals surface area contributed by atoms with E-state index in [9.17, 15) is 4.79 Å². The van der Waals surface area contributed by atoms with E-state index in [0.717, 1.165) is 23.2 Å². The molecule has 130 valence electrons. The van der Waals surface area contributed by atoms with Gasteiger partial charge in [-0.05, 0) is 36.1 Å². The number of carbonyl (C=O) groups excluding carboxylic acids is 1. The standard InChI is InChI=1S/C23H22N2O/c1-17(18-10-4-2-5-11-18)24-23(26)25-21-15-9-8-14-20(21)16-22(25)19-12-6-3-7-13-19/h2-15,17,22H,16H2,1H3,(H,24,26)/t17-,22+/m1/s1. The second-order valence-electron chi connectivity index (χ2n) is 6.71. The second kappa shape index (κ2) is 7.04. The van der Waals surface area contributed by atoms with Gasteiger partial charge in [-0.15, -0.1) is 0 Å². The smallest absolute Gasteiger partial charge is 0.322 e. The molecule has 0 fully saturated rings. The quantitative estimate of drug-likeness (QED) is 0.692. The highest BCUT2D eigenvalue weighted by atomic mass is 16.2. The van der Waals surface area contributed by atoms with Gasteiger partial charge < -0.3 is 5.32 Å². The number of nitrogens with one attached hydrogen (secondary N) is 1. The number of fused-ring (bicyclic) bond motifs is 1. The summed E-state index contributed by atoms with van der Waals surface area (Å²) in [7, 11) is 0. The normalized spacial score (nSPS) is 16.8. The summed E-state index contributed by atoms with van der Waals surface area (Å²) in [4.78, 5) is 15.1. The first-order chi connectivity index (χ1) is 12.7. The van der Waals surface area contributed by atoms with Gasteiger partial charge in [0.1, 0.15) is 0 Å². The largest absolute Gasteiger partial charge is 0.331 e. The monoisotopic (exact) mass is 342 g/mol. The lowest BCUT2D eigenvalue weighted by Gasteiger charge is -2.28. The highest BCUT2D eigenvalue weighted by Crippen LogP contribution is 2.40. The van der Waals surface area contributed by atoms with Crippen LogP contribution in [-0.4, -0.2) is 6.03 Å². The molecule has 1 heterocycles. The molecule has 0 spiro atoms. The summed E-state index contributed by atoms with van der Waals surface area (Å²) in [6.07, 6.45) is 0.841. The van der Waals surface area contributed by atoms with Crippen LogP contribution in [0.4, 0.5) is 10.5 Å². The number of anilines is 1. The van der Waals surface area contributed by atoms with Crippen molar-refractivity contribution in [1.29, 1.82) is 0 Å². The van der Waals surface area contributed by atoms with Crippen LogP contribution in [0.25, 0.3) is 0 Å². The Labute approximate surface area is 154 Å². The zero-order valence-corrected chi connectivity index (χ0v) is 14.8. The molecule has 1 N–H and O–H groups in total. The van der Waals surface area contributed by atoms with Crippen LogP contribution in [-0.2, 0) is 6.42 Å². The number of benzene rings is 3. The number of nitrogens with zero attached hydrogens (tertiary/aromatic N) is 1. The van der Waals surface area contributed by atoms with Gasteiger partial charge in [0.05, 0.1) is 12.1 Å². The first-order valence-corrected chi connectivity index (χ1v) is 9.01. The van der Waals surface area contributed by atoms with Crippen molar-refractivity contribution in [2.45, 2.75) is 25.4 Å². The Morgan fingerprint density at radius 3 is 2.27 bits per heavy atom. The van der Waals surface area contributed by atoms with Crippen LogP contribution in [0, 0.1) is 0 Å². The van der Waals surface area contributed by atoms with Crippen LogP contribution < -0.4 is 10.2 Å². The van der Waals surface area contributed by atoms with Crippen molar-refractivity contribution < 1.29 is 4.79 Å². The van der Waals surface area contributed by atoms with Crippen molar-refractivity contribution in [2.24, 2.45) is 0 Å². The number of hydrogen-bond donors (Lipinski definition) is 1. The molecular weight excluding hydrogens is 320 g/mol. The fraction of sp³-hybridized carbons (Fsp3) is 0.174. The summed E-state index contributed by atoms with van der Waals surface area (Å²) in [6.45, 7) is 2.02. The minimum absolute atomic E-state index is 0.0246. The van der Waals surface area contributed by atoms with Gasteiger partial charge in [0.25, 0.3) is 0 Å². The Balaban J connectivity index is 1.63. The molecule has 3 nitrogen and oxygen atoms in total. The van der Waals surface area contributed by atoms with Gasteiger partial charge in [0.15, 0.2) is 0 Å². The fourth-order valence-corrected chi connectivity index (χ4v) is 3.66. The molecule has 26 heavy (non-hydrogen) atoms. The van der Waals surface area contributed by atoms with Crippen LogP contribution >= 0.6 is 0 Å². The van der Waals surface area contributed by atoms with E-state index in [1.807, 2.05) is 78.6 Å². The minimum Gasteiger partial charge on any atom is -0.331 e. The Kier molecular flexibility index (Phi) is 4.44. The average Bonchev–Trinajstić information content (AvgIpc) is 3.09. The lowest BCUT2D eigenvalue weighted by Crippen LogP contribution is -2.41. The molecule has 1 aliphatic rings. The summed E-state index contributed by atoms with van der Waals surface area (Å²) in [5.41, 5.74) is 4.47. The zero-order valence-electron chi connectivity index (χ0n) is 14.8. The van der Waals surface area contributed by atoms with Crippen LogP contribution in [0.15, 0.2) is 84.9 Å². The average molecular weight is 342 g/mol. The number of amides is 2. The van der Waals surface area contributed by atoms with Gasteiger partial charge in [0, 0.05) is 5.69 Å². The van der Waals surface area contributed by atoms with Gasteiger partial charge in [0.2, 0.25) is 0 Å². The van der Waals surface area contributed by atoms with Crippen molar-refractivity contribution in [1.82, 2.24) is 5.32 Å². The maximum Gasteiger partial charge on any atom is 0.322 e. The molecule has 4 rings (SSSR count). The summed E-state index contributed by atoms with van der Waals surface area (Å²) in [5, 5.41) is 3.17. The van der Waals surface area contributed by atoms with Gasteiger partial charge in [-0.2, -0.15) is 0 Å². The van der Waals surface area contributed by atoms with Crippen LogP contribution in [0.3, 0.4) is 0 Å². The predicted octanol–water partition coefficient (Wildman–Crippen LogP) is 5.26. The molecule has 0 radical (unpaired) electrons. The van der Waals surface area contributed by atoms with E-state index in [1.165, 1.54) is 5.56 Å². The van der Waals surface area contributed by atoms with E-state index in [-0.39, 0.29) is 18.1 Å². The number of urea groups is 1. The maximum absolute atomic E-state index is 13.2. The Bertz CT molecular complexity index is 892. The van der Waals surface area contributed by atoms with E-state index in [4.69, 9.17) is 0 Å². The Morgan fingerprint density at radius 2 is 1.54 bits per heavy atom. The number of para-hydroxylation sites is 1. The SMILES string of the molecule is C[C@@H](NC(=O)N1c2ccccc2C[C@H]1c1ccccc1)c1ccccc1. The highest BCUT2D eigenvalue weighted by molar-refractivity contribution is 5.95. The third kappa shape index (κ3) is 3.08. The Morgan fingerprint density at radius 1 is 0.923 bits per heavy atom. The van der Waals surface area contributed by atoms with E-state index < -0.39 is 0 Å². The summed E-state index contributed by atoms with van der Waals surface area (Å²) in [5.74, 6) is 0. The zero-order chi connectivity index (χ0) is 17.9. The molecule has 0 bridgehead atoms. The third-order valence-electron chi connectivity index (χ3n) is 5.02. The van der Waals surface area contributed by atoms with Gasteiger partial charge in [-0.1, -0.05) is 78.9 Å². The topological polar surface area (TPSA) is 32.3 Å². The molecule has 0 saturated carbocycles. The molecule has 0 saturated heterocycles. The summed E-state index contributed by atoms with van der Waals surface area (Å²) in [6, 6.07) is 28.4. The molecule has 1 aliphatic heterocycles. The maximum atomic E-state index is 13.2. The molecular formula is C23H22N2O. The van der Waals surface area contributed by atoms with E-state index in [1.54, 1.807) is 0 Å². The van der Waals surface area contributed by atoms with Gasteiger partial charge in [-0.25, -0.2) is 4.79 Å². The van der Waals surface area contributed by atoms with Crippen molar-refractivity contribution in [2.75, 3.05) is 4.90 Å². The molecule has 3 aromatic carbocycles. The third-order valence-corrected chi connectivity index (χ3v) is 5.02. The Hall–Kier alpha value is -3.07. The molecule has 0 unspecified atom stereocenters. The van der Waals surface area contributed by atoms with E-state index in [0.29, 0.717) is 0 Å². The molecule has 0 aliphatic carbocycles.